The molecule has 3 heteroatoms. The monoisotopic (exact) mass is 262 g/mol. The van der Waals surface area contributed by atoms with E-state index < -0.39 is 0 Å². The first-order valence-corrected chi connectivity index (χ1v) is 7.37. The molecule has 1 aromatic carbocycles. The molecule has 19 heavy (non-hydrogen) atoms. The zero-order chi connectivity index (χ0) is 13.5. The number of nitrogens with one attached hydrogen (secondary N) is 1. The Hall–Kier alpha value is -0.900. The Morgan fingerprint density at radius 1 is 1.37 bits per heavy atom. The second-order valence-corrected chi connectivity index (χ2v) is 5.57. The van der Waals surface area contributed by atoms with E-state index in [1.807, 2.05) is 0 Å². The third-order valence-electron chi connectivity index (χ3n) is 3.99. The van der Waals surface area contributed by atoms with Crippen molar-refractivity contribution in [2.75, 3.05) is 19.7 Å². The first kappa shape index (κ1) is 14.5. The highest BCUT2D eigenvalue weighted by atomic mass is 16.5. The van der Waals surface area contributed by atoms with Gasteiger partial charge in [-0.1, -0.05) is 30.3 Å². The van der Waals surface area contributed by atoms with Crippen LogP contribution in [0.2, 0.25) is 0 Å². The number of ether oxygens (including phenoxy) is 1. The highest BCUT2D eigenvalue weighted by molar-refractivity contribution is 5.14. The maximum Gasteiger partial charge on any atom is 0.0588 e. The molecule has 1 saturated heterocycles. The van der Waals surface area contributed by atoms with E-state index >= 15 is 0 Å². The molecule has 1 aliphatic heterocycles. The SMILES string of the molecule is CC1OCCC1CNCC(N)CCc1ccccc1. The number of benzene rings is 1. The molecular weight excluding hydrogens is 236 g/mol. The van der Waals surface area contributed by atoms with Gasteiger partial charge in [-0.05, 0) is 37.7 Å². The van der Waals surface area contributed by atoms with Crippen molar-refractivity contribution in [1.29, 1.82) is 0 Å². The molecule has 106 valence electrons. The number of hydrogen-bond donors (Lipinski definition) is 2. The van der Waals surface area contributed by atoms with Crippen molar-refractivity contribution < 1.29 is 4.74 Å². The fraction of sp³-hybridized carbons (Fsp3) is 0.625. The van der Waals surface area contributed by atoms with E-state index in [0.29, 0.717) is 12.0 Å². The topological polar surface area (TPSA) is 47.3 Å². The van der Waals surface area contributed by atoms with E-state index in [1.54, 1.807) is 0 Å². The summed E-state index contributed by atoms with van der Waals surface area (Å²) < 4.78 is 5.56. The van der Waals surface area contributed by atoms with Gasteiger partial charge in [0.15, 0.2) is 0 Å². The quantitative estimate of drug-likeness (QED) is 0.789. The molecule has 1 heterocycles. The van der Waals surface area contributed by atoms with Crippen LogP contribution < -0.4 is 11.1 Å². The van der Waals surface area contributed by atoms with Gasteiger partial charge in [-0.2, -0.15) is 0 Å². The molecular formula is C16H26N2O. The average Bonchev–Trinajstić information content (AvgIpc) is 2.83. The predicted molar refractivity (Wildman–Crippen MR) is 79.1 cm³/mol. The molecule has 3 nitrogen and oxygen atoms in total. The summed E-state index contributed by atoms with van der Waals surface area (Å²) in [5.41, 5.74) is 7.52. The van der Waals surface area contributed by atoms with Crippen molar-refractivity contribution >= 4 is 0 Å². The molecule has 0 aliphatic carbocycles. The summed E-state index contributed by atoms with van der Waals surface area (Å²) in [4.78, 5) is 0. The zero-order valence-electron chi connectivity index (χ0n) is 11.8. The standard InChI is InChI=1S/C16H26N2O/c1-13-15(9-10-19-13)11-18-12-16(17)8-7-14-5-3-2-4-6-14/h2-6,13,15-16,18H,7-12,17H2,1H3. The van der Waals surface area contributed by atoms with Gasteiger partial charge in [0.2, 0.25) is 0 Å². The lowest BCUT2D eigenvalue weighted by Crippen LogP contribution is -2.37. The fourth-order valence-electron chi connectivity index (χ4n) is 2.60. The molecule has 0 bridgehead atoms. The molecule has 1 aliphatic rings. The van der Waals surface area contributed by atoms with E-state index in [1.165, 1.54) is 12.0 Å². The van der Waals surface area contributed by atoms with Gasteiger partial charge >= 0.3 is 0 Å². The van der Waals surface area contributed by atoms with Crippen molar-refractivity contribution in [2.45, 2.75) is 38.3 Å². The van der Waals surface area contributed by atoms with Gasteiger partial charge in [0.05, 0.1) is 6.10 Å². The lowest BCUT2D eigenvalue weighted by Gasteiger charge is -2.17. The largest absolute Gasteiger partial charge is 0.378 e. The van der Waals surface area contributed by atoms with Gasteiger partial charge in [-0.25, -0.2) is 0 Å². The lowest BCUT2D eigenvalue weighted by atomic mass is 10.0. The molecule has 0 saturated carbocycles. The molecule has 1 aromatic rings. The Morgan fingerprint density at radius 2 is 2.16 bits per heavy atom. The van der Waals surface area contributed by atoms with E-state index in [0.717, 1.165) is 32.5 Å². The van der Waals surface area contributed by atoms with Crippen LogP contribution in [0.15, 0.2) is 30.3 Å². The highest BCUT2D eigenvalue weighted by Gasteiger charge is 2.23. The van der Waals surface area contributed by atoms with Crippen LogP contribution in [0.4, 0.5) is 0 Å². The van der Waals surface area contributed by atoms with Crippen LogP contribution >= 0.6 is 0 Å². The second-order valence-electron chi connectivity index (χ2n) is 5.57. The summed E-state index contributed by atoms with van der Waals surface area (Å²) in [6.07, 6.45) is 3.67. The minimum Gasteiger partial charge on any atom is -0.378 e. The third-order valence-corrected chi connectivity index (χ3v) is 3.99. The van der Waals surface area contributed by atoms with Crippen molar-refractivity contribution in [1.82, 2.24) is 5.32 Å². The van der Waals surface area contributed by atoms with E-state index in [-0.39, 0.29) is 6.04 Å². The van der Waals surface area contributed by atoms with Gasteiger partial charge in [0, 0.05) is 25.7 Å². The van der Waals surface area contributed by atoms with Crippen LogP contribution in [0.1, 0.15) is 25.3 Å². The summed E-state index contributed by atoms with van der Waals surface area (Å²) in [5, 5.41) is 3.49. The van der Waals surface area contributed by atoms with Crippen LogP contribution in [0, 0.1) is 5.92 Å². The zero-order valence-corrected chi connectivity index (χ0v) is 11.8. The summed E-state index contributed by atoms with van der Waals surface area (Å²) in [6.45, 7) is 5.00. The molecule has 0 radical (unpaired) electrons. The Bertz CT molecular complexity index is 355. The predicted octanol–water partition coefficient (Wildman–Crippen LogP) is 1.96. The smallest absolute Gasteiger partial charge is 0.0588 e. The Balaban J connectivity index is 1.58. The second kappa shape index (κ2) is 7.63. The summed E-state index contributed by atoms with van der Waals surface area (Å²) in [6, 6.07) is 10.8. The Kier molecular flexibility index (Phi) is 5.83. The number of hydrogen-bond acceptors (Lipinski definition) is 3. The summed E-state index contributed by atoms with van der Waals surface area (Å²) in [5.74, 6) is 0.654. The maximum absolute atomic E-state index is 6.15. The van der Waals surface area contributed by atoms with Gasteiger partial charge in [-0.3, -0.25) is 0 Å². The molecule has 0 spiro atoms. The van der Waals surface area contributed by atoms with Crippen LogP contribution in [-0.4, -0.2) is 31.8 Å². The number of rotatable bonds is 7. The number of nitrogens with two attached hydrogens (primary N) is 1. The van der Waals surface area contributed by atoms with E-state index in [9.17, 15) is 0 Å². The van der Waals surface area contributed by atoms with Crippen LogP contribution in [0.3, 0.4) is 0 Å². The molecule has 1 fully saturated rings. The van der Waals surface area contributed by atoms with Gasteiger partial charge in [-0.15, -0.1) is 0 Å². The highest BCUT2D eigenvalue weighted by Crippen LogP contribution is 2.19. The number of aryl methyl sites for hydroxylation is 1. The van der Waals surface area contributed by atoms with Crippen LogP contribution in [0.5, 0.6) is 0 Å². The molecule has 0 amide bonds. The van der Waals surface area contributed by atoms with Crippen LogP contribution in [-0.2, 0) is 11.2 Å². The van der Waals surface area contributed by atoms with Gasteiger partial charge < -0.3 is 15.8 Å². The first-order chi connectivity index (χ1) is 9.25. The summed E-state index contributed by atoms with van der Waals surface area (Å²) >= 11 is 0. The fourth-order valence-corrected chi connectivity index (χ4v) is 2.60. The minimum absolute atomic E-state index is 0.234. The third kappa shape index (κ3) is 4.94. The van der Waals surface area contributed by atoms with Crippen molar-refractivity contribution in [3.05, 3.63) is 35.9 Å². The van der Waals surface area contributed by atoms with E-state index in [2.05, 4.69) is 42.6 Å². The Labute approximate surface area is 116 Å². The lowest BCUT2D eigenvalue weighted by molar-refractivity contribution is 0.105. The molecule has 0 aromatic heterocycles. The average molecular weight is 262 g/mol. The maximum atomic E-state index is 6.15. The summed E-state index contributed by atoms with van der Waals surface area (Å²) in [7, 11) is 0. The Morgan fingerprint density at radius 3 is 2.84 bits per heavy atom. The normalized spacial score (nSPS) is 24.5. The molecule has 2 rings (SSSR count). The van der Waals surface area contributed by atoms with Crippen molar-refractivity contribution in [3.8, 4) is 0 Å². The van der Waals surface area contributed by atoms with Crippen molar-refractivity contribution in [2.24, 2.45) is 11.7 Å². The van der Waals surface area contributed by atoms with E-state index in [4.69, 9.17) is 10.5 Å². The van der Waals surface area contributed by atoms with Crippen LogP contribution in [0.25, 0.3) is 0 Å². The molecule has 3 N–H and O–H groups in total. The minimum atomic E-state index is 0.234. The van der Waals surface area contributed by atoms with Crippen molar-refractivity contribution in [3.63, 3.8) is 0 Å². The molecule has 3 unspecified atom stereocenters. The van der Waals surface area contributed by atoms with Gasteiger partial charge in [0.1, 0.15) is 0 Å². The van der Waals surface area contributed by atoms with Gasteiger partial charge in [0.25, 0.3) is 0 Å². The molecule has 3 atom stereocenters. The first-order valence-electron chi connectivity index (χ1n) is 7.37.